The van der Waals surface area contributed by atoms with Crippen molar-refractivity contribution in [2.45, 2.75) is 31.8 Å². The molecule has 4 rings (SSSR count). The highest BCUT2D eigenvalue weighted by molar-refractivity contribution is 5.94. The maximum absolute atomic E-state index is 12.1. The molecule has 1 amide bonds. The van der Waals surface area contributed by atoms with Crippen molar-refractivity contribution in [2.24, 2.45) is 0 Å². The van der Waals surface area contributed by atoms with Crippen LogP contribution in [0.25, 0.3) is 0 Å². The summed E-state index contributed by atoms with van der Waals surface area (Å²) in [6, 6.07) is 16.3. The number of hydrogen-bond donors (Lipinski definition) is 2. The van der Waals surface area contributed by atoms with Crippen LogP contribution in [0, 0.1) is 0 Å². The summed E-state index contributed by atoms with van der Waals surface area (Å²) in [5.74, 6) is -0.0549. The Morgan fingerprint density at radius 3 is 2.12 bits per heavy atom. The summed E-state index contributed by atoms with van der Waals surface area (Å²) in [5.41, 5.74) is 4.14. The minimum Gasteiger partial charge on any atom is -0.372 e. The van der Waals surface area contributed by atoms with Crippen molar-refractivity contribution in [3.05, 3.63) is 48.5 Å². The summed E-state index contributed by atoms with van der Waals surface area (Å²) < 4.78 is 5.41. The van der Waals surface area contributed by atoms with E-state index in [-0.39, 0.29) is 12.0 Å². The zero-order valence-corrected chi connectivity index (χ0v) is 14.9. The maximum atomic E-state index is 12.1. The van der Waals surface area contributed by atoms with Crippen LogP contribution >= 0.6 is 0 Å². The van der Waals surface area contributed by atoms with Crippen molar-refractivity contribution < 1.29 is 9.53 Å². The third-order valence-electron chi connectivity index (χ3n) is 5.00. The first kappa shape index (κ1) is 16.9. The van der Waals surface area contributed by atoms with E-state index in [0.29, 0.717) is 6.61 Å². The molecule has 0 saturated carbocycles. The molecule has 136 valence electrons. The summed E-state index contributed by atoms with van der Waals surface area (Å²) >= 11 is 0. The monoisotopic (exact) mass is 351 g/mol. The van der Waals surface area contributed by atoms with Crippen LogP contribution < -0.4 is 15.5 Å². The number of ether oxygens (including phenoxy) is 1. The van der Waals surface area contributed by atoms with E-state index < -0.39 is 0 Å². The fourth-order valence-corrected chi connectivity index (χ4v) is 3.54. The minimum atomic E-state index is -0.304. The summed E-state index contributed by atoms with van der Waals surface area (Å²) in [5, 5.41) is 6.32. The fourth-order valence-electron chi connectivity index (χ4n) is 3.54. The first-order chi connectivity index (χ1) is 12.8. The minimum absolute atomic E-state index is 0.0549. The predicted molar refractivity (Wildman–Crippen MR) is 105 cm³/mol. The van der Waals surface area contributed by atoms with E-state index in [2.05, 4.69) is 39.8 Å². The van der Waals surface area contributed by atoms with Crippen LogP contribution in [0.2, 0.25) is 0 Å². The topological polar surface area (TPSA) is 53.6 Å². The zero-order valence-electron chi connectivity index (χ0n) is 14.9. The lowest BCUT2D eigenvalue weighted by Crippen LogP contribution is -2.26. The maximum Gasteiger partial charge on any atom is 0.253 e. The number of nitrogens with one attached hydrogen (secondary N) is 2. The summed E-state index contributed by atoms with van der Waals surface area (Å²) in [6.45, 7) is 3.00. The van der Waals surface area contributed by atoms with E-state index in [9.17, 15) is 4.79 Å². The lowest BCUT2D eigenvalue weighted by atomic mass is 10.2. The van der Waals surface area contributed by atoms with Gasteiger partial charge in [-0.25, -0.2) is 0 Å². The molecule has 0 aliphatic carbocycles. The molecule has 2 saturated heterocycles. The van der Waals surface area contributed by atoms with Gasteiger partial charge in [0.1, 0.15) is 6.10 Å². The van der Waals surface area contributed by atoms with Gasteiger partial charge in [-0.3, -0.25) is 4.79 Å². The molecule has 2 aromatic rings. The van der Waals surface area contributed by atoms with Crippen LogP contribution in [-0.2, 0) is 9.53 Å². The van der Waals surface area contributed by atoms with Crippen LogP contribution in [0.15, 0.2) is 48.5 Å². The molecule has 0 spiro atoms. The van der Waals surface area contributed by atoms with Gasteiger partial charge in [0.2, 0.25) is 0 Å². The normalized spacial score (nSPS) is 19.5. The molecule has 2 fully saturated rings. The molecule has 2 heterocycles. The molecular weight excluding hydrogens is 326 g/mol. The highest BCUT2D eigenvalue weighted by Crippen LogP contribution is 2.24. The third-order valence-corrected chi connectivity index (χ3v) is 5.00. The number of hydrogen-bond acceptors (Lipinski definition) is 4. The molecule has 2 aliphatic rings. The first-order valence-electron chi connectivity index (χ1n) is 9.42. The molecule has 0 bridgehead atoms. The van der Waals surface area contributed by atoms with Crippen molar-refractivity contribution in [3.8, 4) is 0 Å². The second-order valence-electron chi connectivity index (χ2n) is 6.93. The molecule has 2 N–H and O–H groups in total. The van der Waals surface area contributed by atoms with Gasteiger partial charge < -0.3 is 20.3 Å². The Morgan fingerprint density at radius 1 is 0.885 bits per heavy atom. The second kappa shape index (κ2) is 7.79. The Morgan fingerprint density at radius 2 is 1.50 bits per heavy atom. The molecule has 1 atom stereocenters. The van der Waals surface area contributed by atoms with Gasteiger partial charge in [0.25, 0.3) is 5.91 Å². The van der Waals surface area contributed by atoms with Gasteiger partial charge in [-0.1, -0.05) is 0 Å². The molecular formula is C21H25N3O2. The lowest BCUT2D eigenvalue weighted by Gasteiger charge is -2.18. The Bertz CT molecular complexity index is 731. The second-order valence-corrected chi connectivity index (χ2v) is 6.93. The fraction of sp³-hybridized carbons (Fsp3) is 0.381. The Hall–Kier alpha value is -2.53. The van der Waals surface area contributed by atoms with Gasteiger partial charge in [-0.05, 0) is 74.2 Å². The van der Waals surface area contributed by atoms with E-state index >= 15 is 0 Å². The number of carbonyl (C=O) groups excluding carboxylic acids is 1. The van der Waals surface area contributed by atoms with Crippen molar-refractivity contribution in [3.63, 3.8) is 0 Å². The number of nitrogens with zero attached hydrogens (tertiary/aromatic N) is 1. The molecule has 26 heavy (non-hydrogen) atoms. The van der Waals surface area contributed by atoms with Gasteiger partial charge in [0.05, 0.1) is 0 Å². The van der Waals surface area contributed by atoms with Gasteiger partial charge in [-0.15, -0.1) is 0 Å². The number of carbonyl (C=O) groups is 1. The average molecular weight is 351 g/mol. The van der Waals surface area contributed by atoms with Gasteiger partial charge in [0, 0.05) is 42.4 Å². The SMILES string of the molecule is O=C(Nc1ccc(Nc2ccc(N3CCCC3)cc2)cc1)C1CCCO1. The molecule has 2 aliphatic heterocycles. The van der Waals surface area contributed by atoms with Crippen molar-refractivity contribution in [1.82, 2.24) is 0 Å². The predicted octanol–water partition coefficient (Wildman–Crippen LogP) is 4.15. The molecule has 0 aromatic heterocycles. The summed E-state index contributed by atoms with van der Waals surface area (Å²) in [7, 11) is 0. The van der Waals surface area contributed by atoms with Gasteiger partial charge >= 0.3 is 0 Å². The molecule has 5 heteroatoms. The van der Waals surface area contributed by atoms with E-state index in [1.807, 2.05) is 24.3 Å². The Balaban J connectivity index is 1.34. The number of anilines is 4. The van der Waals surface area contributed by atoms with E-state index in [4.69, 9.17) is 4.74 Å². The Labute approximate surface area is 154 Å². The largest absolute Gasteiger partial charge is 0.372 e. The zero-order chi connectivity index (χ0) is 17.8. The number of rotatable bonds is 5. The lowest BCUT2D eigenvalue weighted by molar-refractivity contribution is -0.124. The molecule has 2 aromatic carbocycles. The van der Waals surface area contributed by atoms with Crippen molar-refractivity contribution in [1.29, 1.82) is 0 Å². The summed E-state index contributed by atoms with van der Waals surface area (Å²) in [6.07, 6.45) is 4.03. The van der Waals surface area contributed by atoms with E-state index in [1.54, 1.807) is 0 Å². The van der Waals surface area contributed by atoms with Crippen LogP contribution in [0.5, 0.6) is 0 Å². The van der Waals surface area contributed by atoms with Gasteiger partial charge in [-0.2, -0.15) is 0 Å². The molecule has 0 radical (unpaired) electrons. The standard InChI is InChI=1S/C21H25N3O2/c25-21(20-4-3-15-26-20)23-18-7-5-16(6-8-18)22-17-9-11-19(12-10-17)24-13-1-2-14-24/h5-12,20,22H,1-4,13-15H2,(H,23,25). The van der Waals surface area contributed by atoms with Crippen LogP contribution in [0.3, 0.4) is 0 Å². The first-order valence-corrected chi connectivity index (χ1v) is 9.42. The third kappa shape index (κ3) is 3.99. The van der Waals surface area contributed by atoms with Crippen molar-refractivity contribution >= 4 is 28.7 Å². The quantitative estimate of drug-likeness (QED) is 0.850. The van der Waals surface area contributed by atoms with Crippen molar-refractivity contribution in [2.75, 3.05) is 35.2 Å². The molecule has 5 nitrogen and oxygen atoms in total. The van der Waals surface area contributed by atoms with E-state index in [0.717, 1.165) is 43.0 Å². The Kier molecular flexibility index (Phi) is 5.07. The van der Waals surface area contributed by atoms with E-state index in [1.165, 1.54) is 18.5 Å². The average Bonchev–Trinajstić information content (AvgIpc) is 3.38. The number of amides is 1. The van der Waals surface area contributed by atoms with Crippen LogP contribution in [0.1, 0.15) is 25.7 Å². The smallest absolute Gasteiger partial charge is 0.253 e. The highest BCUT2D eigenvalue weighted by Gasteiger charge is 2.23. The highest BCUT2D eigenvalue weighted by atomic mass is 16.5. The summed E-state index contributed by atoms with van der Waals surface area (Å²) in [4.78, 5) is 14.5. The van der Waals surface area contributed by atoms with Crippen LogP contribution in [-0.4, -0.2) is 31.7 Å². The van der Waals surface area contributed by atoms with Crippen LogP contribution in [0.4, 0.5) is 22.7 Å². The molecule has 1 unspecified atom stereocenters. The number of benzene rings is 2. The van der Waals surface area contributed by atoms with Gasteiger partial charge in [0.15, 0.2) is 0 Å².